The van der Waals surface area contributed by atoms with E-state index in [1.165, 1.54) is 0 Å². The fraction of sp³-hybridized carbons (Fsp3) is 0.600. The summed E-state index contributed by atoms with van der Waals surface area (Å²) in [4.78, 5) is 0. The molecule has 0 fully saturated rings. The van der Waals surface area contributed by atoms with E-state index in [0.717, 1.165) is 30.7 Å². The summed E-state index contributed by atoms with van der Waals surface area (Å²) < 4.78 is 6.01. The summed E-state index contributed by atoms with van der Waals surface area (Å²) in [6.07, 6.45) is 1.82. The van der Waals surface area contributed by atoms with Gasteiger partial charge in [-0.25, -0.2) is 0 Å². The minimum atomic E-state index is -0.381. The molecule has 2 rings (SSSR count). The Morgan fingerprint density at radius 3 is 2.72 bits per heavy atom. The number of benzene rings is 1. The molecule has 1 aliphatic rings. The van der Waals surface area contributed by atoms with Gasteiger partial charge in [0.15, 0.2) is 0 Å². The average Bonchev–Trinajstić information content (AvgIpc) is 2.34. The molecule has 1 aromatic carbocycles. The van der Waals surface area contributed by atoms with Gasteiger partial charge in [0.05, 0.1) is 12.1 Å². The van der Waals surface area contributed by atoms with Crippen LogP contribution in [0.2, 0.25) is 0 Å². The maximum atomic E-state index is 9.93. The molecular formula is C15H23NO2. The van der Waals surface area contributed by atoms with Crippen LogP contribution < -0.4 is 10.1 Å². The Morgan fingerprint density at radius 2 is 2.06 bits per heavy atom. The third kappa shape index (κ3) is 2.38. The van der Waals surface area contributed by atoms with E-state index in [1.807, 2.05) is 24.3 Å². The first-order valence-electron chi connectivity index (χ1n) is 6.67. The largest absolute Gasteiger partial charge is 0.487 e. The second-order valence-electron chi connectivity index (χ2n) is 5.70. The van der Waals surface area contributed by atoms with Crippen molar-refractivity contribution < 1.29 is 9.84 Å². The van der Waals surface area contributed by atoms with Crippen molar-refractivity contribution in [1.29, 1.82) is 0 Å². The predicted octanol–water partition coefficient (Wildman–Crippen LogP) is 2.43. The molecule has 100 valence electrons. The monoisotopic (exact) mass is 249 g/mol. The van der Waals surface area contributed by atoms with Crippen LogP contribution >= 0.6 is 0 Å². The number of aliphatic hydroxyl groups is 1. The normalized spacial score (nSPS) is 25.3. The number of fused-ring (bicyclic) bond motifs is 1. The van der Waals surface area contributed by atoms with Crippen LogP contribution in [-0.4, -0.2) is 23.9 Å². The van der Waals surface area contributed by atoms with Gasteiger partial charge in [-0.15, -0.1) is 0 Å². The highest BCUT2D eigenvalue weighted by Crippen LogP contribution is 2.43. The molecule has 1 heterocycles. The molecule has 0 saturated heterocycles. The van der Waals surface area contributed by atoms with Gasteiger partial charge in [0.25, 0.3) is 0 Å². The first kappa shape index (κ1) is 13.4. The average molecular weight is 249 g/mol. The quantitative estimate of drug-likeness (QED) is 0.861. The van der Waals surface area contributed by atoms with Gasteiger partial charge < -0.3 is 15.2 Å². The molecule has 1 atom stereocenters. The van der Waals surface area contributed by atoms with E-state index in [-0.39, 0.29) is 17.7 Å². The van der Waals surface area contributed by atoms with Crippen molar-refractivity contribution in [2.24, 2.45) is 0 Å². The Bertz CT molecular complexity index is 417. The van der Waals surface area contributed by atoms with Crippen molar-refractivity contribution in [3.63, 3.8) is 0 Å². The van der Waals surface area contributed by atoms with E-state index in [0.29, 0.717) is 0 Å². The lowest BCUT2D eigenvalue weighted by atomic mass is 9.78. The number of nitrogens with one attached hydrogen (secondary N) is 1. The second-order valence-corrected chi connectivity index (χ2v) is 5.70. The summed E-state index contributed by atoms with van der Waals surface area (Å²) >= 11 is 0. The highest BCUT2D eigenvalue weighted by atomic mass is 16.5. The molecule has 1 aromatic rings. The zero-order valence-electron chi connectivity index (χ0n) is 11.5. The van der Waals surface area contributed by atoms with Gasteiger partial charge >= 0.3 is 0 Å². The molecule has 3 nitrogen and oxygen atoms in total. The molecule has 2 N–H and O–H groups in total. The molecule has 0 bridgehead atoms. The van der Waals surface area contributed by atoms with E-state index in [9.17, 15) is 5.11 Å². The second kappa shape index (κ2) is 4.90. The highest BCUT2D eigenvalue weighted by molar-refractivity contribution is 5.42. The third-order valence-corrected chi connectivity index (χ3v) is 3.50. The first-order chi connectivity index (χ1) is 8.53. The van der Waals surface area contributed by atoms with Crippen LogP contribution in [0, 0.1) is 0 Å². The van der Waals surface area contributed by atoms with Crippen LogP contribution in [-0.2, 0) is 5.54 Å². The van der Waals surface area contributed by atoms with Crippen LogP contribution in [0.15, 0.2) is 24.3 Å². The number of aliphatic hydroxyl groups excluding tert-OH is 1. The Labute approximate surface area is 109 Å². The summed E-state index contributed by atoms with van der Waals surface area (Å²) in [5.74, 6) is 0.881. The molecule has 0 amide bonds. The van der Waals surface area contributed by atoms with Gasteiger partial charge in [-0.1, -0.05) is 25.1 Å². The van der Waals surface area contributed by atoms with Crippen LogP contribution in [0.5, 0.6) is 5.75 Å². The van der Waals surface area contributed by atoms with Gasteiger partial charge in [-0.2, -0.15) is 0 Å². The molecule has 3 heteroatoms. The van der Waals surface area contributed by atoms with Crippen LogP contribution in [0.3, 0.4) is 0 Å². The first-order valence-corrected chi connectivity index (χ1v) is 6.67. The zero-order valence-corrected chi connectivity index (χ0v) is 11.5. The Balaban J connectivity index is 2.44. The maximum Gasteiger partial charge on any atom is 0.125 e. The lowest BCUT2D eigenvalue weighted by molar-refractivity contribution is 0.00902. The molecule has 1 aliphatic heterocycles. The van der Waals surface area contributed by atoms with Crippen LogP contribution in [0.4, 0.5) is 0 Å². The van der Waals surface area contributed by atoms with Crippen molar-refractivity contribution >= 4 is 0 Å². The molecule has 0 aliphatic carbocycles. The van der Waals surface area contributed by atoms with E-state index in [4.69, 9.17) is 4.74 Å². The van der Waals surface area contributed by atoms with Gasteiger partial charge in [-0.05, 0) is 32.9 Å². The molecule has 0 radical (unpaired) electrons. The maximum absolute atomic E-state index is 9.93. The Morgan fingerprint density at radius 1 is 1.33 bits per heavy atom. The fourth-order valence-electron chi connectivity index (χ4n) is 2.83. The summed E-state index contributed by atoms with van der Waals surface area (Å²) in [7, 11) is 0. The minimum absolute atomic E-state index is 0.0941. The topological polar surface area (TPSA) is 41.5 Å². The van der Waals surface area contributed by atoms with E-state index < -0.39 is 0 Å². The molecule has 0 saturated carbocycles. The van der Waals surface area contributed by atoms with Gasteiger partial charge in [0.1, 0.15) is 11.4 Å². The Hall–Kier alpha value is -1.06. The number of hydrogen-bond acceptors (Lipinski definition) is 3. The van der Waals surface area contributed by atoms with E-state index >= 15 is 0 Å². The lowest BCUT2D eigenvalue weighted by Crippen LogP contribution is -2.54. The van der Waals surface area contributed by atoms with E-state index in [2.05, 4.69) is 26.1 Å². The van der Waals surface area contributed by atoms with Crippen molar-refractivity contribution in [1.82, 2.24) is 5.32 Å². The summed E-state index contributed by atoms with van der Waals surface area (Å²) in [5, 5.41) is 13.4. The van der Waals surface area contributed by atoms with Crippen LogP contribution in [0.1, 0.15) is 39.2 Å². The van der Waals surface area contributed by atoms with Crippen molar-refractivity contribution in [3.8, 4) is 5.75 Å². The molecule has 1 unspecified atom stereocenters. The summed E-state index contributed by atoms with van der Waals surface area (Å²) in [6.45, 7) is 7.26. The smallest absolute Gasteiger partial charge is 0.125 e. The van der Waals surface area contributed by atoms with Gasteiger partial charge in [0.2, 0.25) is 0 Å². The molecule has 18 heavy (non-hydrogen) atoms. The van der Waals surface area contributed by atoms with Crippen molar-refractivity contribution in [2.45, 2.75) is 44.8 Å². The predicted molar refractivity (Wildman–Crippen MR) is 72.8 cm³/mol. The molecule has 0 aromatic heterocycles. The number of ether oxygens (including phenoxy) is 1. The number of para-hydroxylation sites is 1. The Kier molecular flexibility index (Phi) is 3.64. The summed E-state index contributed by atoms with van der Waals surface area (Å²) in [5.41, 5.74) is 0.423. The number of rotatable bonds is 4. The van der Waals surface area contributed by atoms with Crippen molar-refractivity contribution in [3.05, 3.63) is 29.8 Å². The fourth-order valence-corrected chi connectivity index (χ4v) is 2.83. The lowest BCUT2D eigenvalue weighted by Gasteiger charge is -2.45. The zero-order chi connectivity index (χ0) is 13.2. The molecule has 0 spiro atoms. The standard InChI is InChI=1S/C15H23NO2/c1-4-9-16-15(11-17)10-14(2,3)18-13-8-6-5-7-12(13)15/h5-8,16-17H,4,9-11H2,1-3H3. The highest BCUT2D eigenvalue weighted by Gasteiger charge is 2.44. The third-order valence-electron chi connectivity index (χ3n) is 3.50. The minimum Gasteiger partial charge on any atom is -0.487 e. The van der Waals surface area contributed by atoms with Crippen LogP contribution in [0.25, 0.3) is 0 Å². The molecular weight excluding hydrogens is 226 g/mol. The summed E-state index contributed by atoms with van der Waals surface area (Å²) in [6, 6.07) is 8.00. The van der Waals surface area contributed by atoms with Gasteiger partial charge in [-0.3, -0.25) is 0 Å². The SMILES string of the molecule is CCCNC1(CO)CC(C)(C)Oc2ccccc21. The van der Waals surface area contributed by atoms with Crippen molar-refractivity contribution in [2.75, 3.05) is 13.2 Å². The number of hydrogen-bond donors (Lipinski definition) is 2. The van der Waals surface area contributed by atoms with E-state index in [1.54, 1.807) is 0 Å². The van der Waals surface area contributed by atoms with Gasteiger partial charge in [0, 0.05) is 12.0 Å².